The van der Waals surface area contributed by atoms with Gasteiger partial charge in [0.05, 0.1) is 12.5 Å². The van der Waals surface area contributed by atoms with E-state index in [9.17, 15) is 0 Å². The van der Waals surface area contributed by atoms with E-state index in [0.717, 1.165) is 6.42 Å². The molecular weight excluding hydrogens is 124 g/mol. The first-order valence-corrected chi connectivity index (χ1v) is 3.89. The highest BCUT2D eigenvalue weighted by Crippen LogP contribution is 1.92. The van der Waals surface area contributed by atoms with Crippen molar-refractivity contribution in [2.75, 3.05) is 7.05 Å². The zero-order valence-electron chi connectivity index (χ0n) is 7.44. The van der Waals surface area contributed by atoms with Crippen molar-refractivity contribution in [2.24, 2.45) is 0 Å². The van der Waals surface area contributed by atoms with Crippen LogP contribution < -0.4 is 5.32 Å². The van der Waals surface area contributed by atoms with Crippen molar-refractivity contribution in [3.8, 4) is 6.07 Å². The van der Waals surface area contributed by atoms with Gasteiger partial charge in [-0.05, 0) is 13.5 Å². The van der Waals surface area contributed by atoms with Crippen LogP contribution in [0.3, 0.4) is 0 Å². The van der Waals surface area contributed by atoms with Crippen molar-refractivity contribution in [1.82, 2.24) is 5.32 Å². The molecule has 0 aromatic carbocycles. The monoisotopic (exact) mass is 142 g/mol. The maximum atomic E-state index is 8.21. The maximum Gasteiger partial charge on any atom is 0.0638 e. The second kappa shape index (κ2) is 11.3. The molecule has 0 amide bonds. The predicted octanol–water partition coefficient (Wildman–Crippen LogP) is 1.92. The Hall–Kier alpha value is -0.550. The van der Waals surface area contributed by atoms with E-state index < -0.39 is 0 Å². The molecule has 0 saturated carbocycles. The summed E-state index contributed by atoms with van der Waals surface area (Å²) in [4.78, 5) is 0. The van der Waals surface area contributed by atoms with Crippen molar-refractivity contribution < 1.29 is 0 Å². The van der Waals surface area contributed by atoms with E-state index in [1.807, 2.05) is 20.9 Å². The molecule has 1 unspecified atom stereocenters. The third-order valence-corrected chi connectivity index (χ3v) is 1.24. The molecule has 1 N–H and O–H groups in total. The highest BCUT2D eigenvalue weighted by Gasteiger charge is 1.98. The Labute approximate surface area is 64.2 Å². The second-order valence-corrected chi connectivity index (χ2v) is 1.76. The van der Waals surface area contributed by atoms with Gasteiger partial charge < -0.3 is 5.32 Å². The van der Waals surface area contributed by atoms with E-state index in [-0.39, 0.29) is 0 Å². The molecule has 0 bridgehead atoms. The van der Waals surface area contributed by atoms with Crippen molar-refractivity contribution in [1.29, 1.82) is 5.26 Å². The van der Waals surface area contributed by atoms with Gasteiger partial charge in [-0.3, -0.25) is 0 Å². The van der Waals surface area contributed by atoms with Crippen molar-refractivity contribution in [2.45, 2.75) is 39.7 Å². The van der Waals surface area contributed by atoms with Crippen molar-refractivity contribution in [3.63, 3.8) is 0 Å². The van der Waals surface area contributed by atoms with E-state index in [1.54, 1.807) is 0 Å². The van der Waals surface area contributed by atoms with E-state index in [1.165, 1.54) is 0 Å². The van der Waals surface area contributed by atoms with Gasteiger partial charge in [0.2, 0.25) is 0 Å². The average molecular weight is 142 g/mol. The van der Waals surface area contributed by atoms with Gasteiger partial charge in [-0.25, -0.2) is 0 Å². The van der Waals surface area contributed by atoms with Crippen LogP contribution in [0, 0.1) is 11.3 Å². The summed E-state index contributed by atoms with van der Waals surface area (Å²) in [5.41, 5.74) is 0. The molecule has 60 valence electrons. The van der Waals surface area contributed by atoms with E-state index in [0.29, 0.717) is 12.5 Å². The summed E-state index contributed by atoms with van der Waals surface area (Å²) in [6.07, 6.45) is 1.65. The lowest BCUT2D eigenvalue weighted by Gasteiger charge is -2.06. The minimum Gasteiger partial charge on any atom is -0.316 e. The molecule has 0 aromatic heterocycles. The van der Waals surface area contributed by atoms with Gasteiger partial charge in [-0.15, -0.1) is 0 Å². The molecule has 0 heterocycles. The smallest absolute Gasteiger partial charge is 0.0638 e. The van der Waals surface area contributed by atoms with E-state index >= 15 is 0 Å². The van der Waals surface area contributed by atoms with Crippen LogP contribution in [0.5, 0.6) is 0 Å². The van der Waals surface area contributed by atoms with E-state index in [4.69, 9.17) is 5.26 Å². The zero-order chi connectivity index (χ0) is 8.41. The largest absolute Gasteiger partial charge is 0.316 e. The molecule has 0 aliphatic heterocycles. The van der Waals surface area contributed by atoms with Crippen molar-refractivity contribution in [3.05, 3.63) is 0 Å². The summed E-state index contributed by atoms with van der Waals surface area (Å²) in [5, 5.41) is 11.2. The number of hydrogen-bond acceptors (Lipinski definition) is 2. The topological polar surface area (TPSA) is 35.8 Å². The lowest BCUT2D eigenvalue weighted by Crippen LogP contribution is -2.23. The van der Waals surface area contributed by atoms with Crippen LogP contribution in [-0.4, -0.2) is 13.1 Å². The molecular formula is C8H18N2. The Kier molecular flexibility index (Phi) is 13.7. The average Bonchev–Trinajstić information content (AvgIpc) is 2.04. The Bertz CT molecular complexity index is 79.7. The maximum absolute atomic E-state index is 8.21. The Balaban J connectivity index is 0. The second-order valence-electron chi connectivity index (χ2n) is 1.76. The minimum absolute atomic E-state index is 0.389. The summed E-state index contributed by atoms with van der Waals surface area (Å²) >= 11 is 0. The normalized spacial score (nSPS) is 10.7. The first-order chi connectivity index (χ1) is 4.85. The highest BCUT2D eigenvalue weighted by atomic mass is 14.9. The number of rotatable bonds is 3. The van der Waals surface area contributed by atoms with Gasteiger partial charge in [0, 0.05) is 6.04 Å². The fourth-order valence-corrected chi connectivity index (χ4v) is 0.561. The van der Waals surface area contributed by atoms with Crippen LogP contribution in [0.15, 0.2) is 0 Å². The quantitative estimate of drug-likeness (QED) is 0.653. The summed E-state index contributed by atoms with van der Waals surface area (Å²) in [7, 11) is 1.88. The highest BCUT2D eigenvalue weighted by molar-refractivity contribution is 4.78. The third-order valence-electron chi connectivity index (χ3n) is 1.24. The van der Waals surface area contributed by atoms with Crippen LogP contribution in [0.2, 0.25) is 0 Å². The number of nitriles is 1. The summed E-state index contributed by atoms with van der Waals surface area (Å²) in [6.45, 7) is 6.07. The SMILES string of the molecule is CC.CCC(CC#N)NC. The molecule has 0 saturated heterocycles. The number of nitrogens with zero attached hydrogens (tertiary/aromatic N) is 1. The first kappa shape index (κ1) is 12.2. The van der Waals surface area contributed by atoms with E-state index in [2.05, 4.69) is 18.3 Å². The Morgan fingerprint density at radius 3 is 2.10 bits per heavy atom. The van der Waals surface area contributed by atoms with Crippen LogP contribution in [0.25, 0.3) is 0 Å². The molecule has 0 rings (SSSR count). The van der Waals surface area contributed by atoms with Crippen LogP contribution in [0.1, 0.15) is 33.6 Å². The molecule has 0 aliphatic carbocycles. The summed E-state index contributed by atoms with van der Waals surface area (Å²) < 4.78 is 0. The Morgan fingerprint density at radius 1 is 1.50 bits per heavy atom. The molecule has 0 aromatic rings. The van der Waals surface area contributed by atoms with Gasteiger partial charge in [-0.1, -0.05) is 20.8 Å². The number of nitrogens with one attached hydrogen (secondary N) is 1. The van der Waals surface area contributed by atoms with Gasteiger partial charge in [0.1, 0.15) is 0 Å². The van der Waals surface area contributed by atoms with Crippen LogP contribution in [-0.2, 0) is 0 Å². The van der Waals surface area contributed by atoms with Gasteiger partial charge in [0.15, 0.2) is 0 Å². The lowest BCUT2D eigenvalue weighted by atomic mass is 10.2. The molecule has 0 spiro atoms. The van der Waals surface area contributed by atoms with Gasteiger partial charge in [0.25, 0.3) is 0 Å². The van der Waals surface area contributed by atoms with Crippen LogP contribution >= 0.6 is 0 Å². The molecule has 0 aliphatic rings. The molecule has 10 heavy (non-hydrogen) atoms. The molecule has 0 radical (unpaired) electrons. The van der Waals surface area contributed by atoms with Gasteiger partial charge in [-0.2, -0.15) is 5.26 Å². The standard InChI is InChI=1S/C6H12N2.C2H6/c1-3-6(8-2)4-5-7;1-2/h6,8H,3-4H2,1-2H3;1-2H3. The summed E-state index contributed by atoms with van der Waals surface area (Å²) in [5.74, 6) is 0. The molecule has 2 heteroatoms. The molecule has 0 fully saturated rings. The first-order valence-electron chi connectivity index (χ1n) is 3.89. The lowest BCUT2D eigenvalue weighted by molar-refractivity contribution is 0.557. The Morgan fingerprint density at radius 2 is 2.00 bits per heavy atom. The summed E-state index contributed by atoms with van der Waals surface area (Å²) in [6, 6.07) is 2.50. The van der Waals surface area contributed by atoms with Crippen molar-refractivity contribution >= 4 is 0 Å². The van der Waals surface area contributed by atoms with Gasteiger partial charge >= 0.3 is 0 Å². The zero-order valence-corrected chi connectivity index (χ0v) is 7.44. The fourth-order valence-electron chi connectivity index (χ4n) is 0.561. The fraction of sp³-hybridized carbons (Fsp3) is 0.875. The third kappa shape index (κ3) is 7.45. The number of hydrogen-bond donors (Lipinski definition) is 1. The minimum atomic E-state index is 0.389. The molecule has 2 nitrogen and oxygen atoms in total. The molecule has 1 atom stereocenters. The predicted molar refractivity (Wildman–Crippen MR) is 44.7 cm³/mol. The van der Waals surface area contributed by atoms with Crippen LogP contribution in [0.4, 0.5) is 0 Å².